The van der Waals surface area contributed by atoms with E-state index in [1.54, 1.807) is 59.4 Å². The van der Waals surface area contributed by atoms with Crippen molar-refractivity contribution in [3.63, 3.8) is 0 Å². The SMILES string of the molecule is O=C(CC(=S)Cc1ccc(Oc2cccn3nccc23)c(F)c1)Cc1ccc(F)cc1. The lowest BCUT2D eigenvalue weighted by Crippen LogP contribution is -2.11. The van der Waals surface area contributed by atoms with Gasteiger partial charge in [-0.25, -0.2) is 13.3 Å². The molecule has 0 saturated carbocycles. The average Bonchev–Trinajstić information content (AvgIpc) is 3.21. The van der Waals surface area contributed by atoms with Crippen molar-refractivity contribution in [3.8, 4) is 11.5 Å². The van der Waals surface area contributed by atoms with Crippen LogP contribution >= 0.6 is 12.2 Å². The average molecular weight is 436 g/mol. The number of carbonyl (C=O) groups excluding carboxylic acids is 1. The van der Waals surface area contributed by atoms with E-state index in [0.717, 1.165) is 11.1 Å². The summed E-state index contributed by atoms with van der Waals surface area (Å²) in [4.78, 5) is 12.7. The highest BCUT2D eigenvalue weighted by molar-refractivity contribution is 7.80. The number of carbonyl (C=O) groups is 1. The molecule has 4 aromatic rings. The first-order valence-corrected chi connectivity index (χ1v) is 10.1. The fourth-order valence-electron chi connectivity index (χ4n) is 3.27. The number of nitrogens with zero attached hydrogens (tertiary/aromatic N) is 2. The monoisotopic (exact) mass is 436 g/mol. The molecule has 0 atom stereocenters. The van der Waals surface area contributed by atoms with Crippen molar-refractivity contribution in [1.29, 1.82) is 0 Å². The summed E-state index contributed by atoms with van der Waals surface area (Å²) in [6.07, 6.45) is 4.01. The lowest BCUT2D eigenvalue weighted by molar-refractivity contribution is -0.117. The number of ketones is 1. The molecule has 0 N–H and O–H groups in total. The molecule has 0 aliphatic carbocycles. The van der Waals surface area contributed by atoms with Crippen LogP contribution in [-0.4, -0.2) is 20.3 Å². The van der Waals surface area contributed by atoms with Gasteiger partial charge in [-0.3, -0.25) is 4.79 Å². The number of aromatic nitrogens is 2. The van der Waals surface area contributed by atoms with E-state index < -0.39 is 5.82 Å². The van der Waals surface area contributed by atoms with Gasteiger partial charge in [0.25, 0.3) is 0 Å². The molecule has 4 rings (SSSR count). The first-order valence-electron chi connectivity index (χ1n) is 9.64. The number of hydrogen-bond acceptors (Lipinski definition) is 4. The second kappa shape index (κ2) is 9.14. The summed E-state index contributed by atoms with van der Waals surface area (Å²) in [5.41, 5.74) is 2.12. The fraction of sp³-hybridized carbons (Fsp3) is 0.125. The summed E-state index contributed by atoms with van der Waals surface area (Å²) < 4.78 is 34.9. The molecule has 2 aromatic heterocycles. The summed E-state index contributed by atoms with van der Waals surface area (Å²) in [6.45, 7) is 0. The van der Waals surface area contributed by atoms with Crippen LogP contribution in [0.1, 0.15) is 17.5 Å². The number of Topliss-reactive ketones (excluding diaryl/α,β-unsaturated/α-hetero) is 1. The zero-order chi connectivity index (χ0) is 21.8. The van der Waals surface area contributed by atoms with Crippen LogP contribution < -0.4 is 4.74 Å². The van der Waals surface area contributed by atoms with Crippen LogP contribution in [0.15, 0.2) is 73.1 Å². The Morgan fingerprint density at radius 3 is 2.52 bits per heavy atom. The number of pyridine rings is 1. The molecule has 2 aromatic carbocycles. The van der Waals surface area contributed by atoms with Crippen molar-refractivity contribution in [1.82, 2.24) is 9.61 Å². The molecule has 31 heavy (non-hydrogen) atoms. The zero-order valence-corrected chi connectivity index (χ0v) is 17.2. The Morgan fingerprint density at radius 1 is 0.968 bits per heavy atom. The predicted molar refractivity (Wildman–Crippen MR) is 118 cm³/mol. The third kappa shape index (κ3) is 5.19. The van der Waals surface area contributed by atoms with Gasteiger partial charge in [0, 0.05) is 30.3 Å². The highest BCUT2D eigenvalue weighted by Gasteiger charge is 2.12. The smallest absolute Gasteiger partial charge is 0.166 e. The Kier molecular flexibility index (Phi) is 6.13. The molecule has 4 nitrogen and oxygen atoms in total. The van der Waals surface area contributed by atoms with E-state index in [9.17, 15) is 13.6 Å². The predicted octanol–water partition coefficient (Wildman–Crippen LogP) is 5.52. The van der Waals surface area contributed by atoms with Crippen molar-refractivity contribution in [2.24, 2.45) is 0 Å². The largest absolute Gasteiger partial charge is 0.452 e. The maximum Gasteiger partial charge on any atom is 0.166 e. The molecule has 0 aliphatic rings. The molecule has 156 valence electrons. The zero-order valence-electron chi connectivity index (χ0n) is 16.4. The molecule has 0 bridgehead atoms. The van der Waals surface area contributed by atoms with E-state index in [1.165, 1.54) is 18.2 Å². The Balaban J connectivity index is 1.37. The summed E-state index contributed by atoms with van der Waals surface area (Å²) in [5.74, 6) is -0.335. The van der Waals surface area contributed by atoms with Gasteiger partial charge in [-0.2, -0.15) is 5.10 Å². The van der Waals surface area contributed by atoms with Gasteiger partial charge in [0.2, 0.25) is 0 Å². The van der Waals surface area contributed by atoms with Crippen LogP contribution in [0.2, 0.25) is 0 Å². The second-order valence-electron chi connectivity index (χ2n) is 7.13. The van der Waals surface area contributed by atoms with E-state index >= 15 is 0 Å². The minimum absolute atomic E-state index is 0.0639. The maximum atomic E-state index is 14.6. The molecule has 7 heteroatoms. The van der Waals surface area contributed by atoms with Gasteiger partial charge in [-0.1, -0.05) is 30.4 Å². The van der Waals surface area contributed by atoms with Gasteiger partial charge >= 0.3 is 0 Å². The number of fused-ring (bicyclic) bond motifs is 1. The molecule has 0 spiro atoms. The minimum Gasteiger partial charge on any atom is -0.452 e. The van der Waals surface area contributed by atoms with Gasteiger partial charge in [0.1, 0.15) is 17.1 Å². The van der Waals surface area contributed by atoms with Crippen molar-refractivity contribution < 1.29 is 18.3 Å². The van der Waals surface area contributed by atoms with Crippen LogP contribution in [0.5, 0.6) is 11.5 Å². The van der Waals surface area contributed by atoms with E-state index in [4.69, 9.17) is 17.0 Å². The van der Waals surface area contributed by atoms with Gasteiger partial charge < -0.3 is 4.74 Å². The topological polar surface area (TPSA) is 43.6 Å². The number of ether oxygens (including phenoxy) is 1. The molecular weight excluding hydrogens is 418 g/mol. The quantitative estimate of drug-likeness (QED) is 0.341. The minimum atomic E-state index is -0.514. The molecule has 0 aliphatic heterocycles. The lowest BCUT2D eigenvalue weighted by atomic mass is 10.0. The van der Waals surface area contributed by atoms with Crippen LogP contribution in [0, 0.1) is 11.6 Å². The van der Waals surface area contributed by atoms with E-state index in [2.05, 4.69) is 5.10 Å². The molecule has 0 radical (unpaired) electrons. The highest BCUT2D eigenvalue weighted by Crippen LogP contribution is 2.28. The van der Waals surface area contributed by atoms with Crippen molar-refractivity contribution >= 4 is 28.4 Å². The van der Waals surface area contributed by atoms with E-state index in [0.29, 0.717) is 22.6 Å². The molecule has 2 heterocycles. The summed E-state index contributed by atoms with van der Waals surface area (Å²) in [7, 11) is 0. The molecule has 0 saturated heterocycles. The highest BCUT2D eigenvalue weighted by atomic mass is 32.1. The Labute approximate surface area is 183 Å². The maximum absolute atomic E-state index is 14.6. The molecule has 0 unspecified atom stereocenters. The number of rotatable bonds is 8. The van der Waals surface area contributed by atoms with E-state index in [1.807, 2.05) is 0 Å². The van der Waals surface area contributed by atoms with Crippen LogP contribution in [0.25, 0.3) is 5.52 Å². The number of thiocarbonyl (C=S) groups is 1. The first kappa shape index (κ1) is 20.8. The Morgan fingerprint density at radius 2 is 1.74 bits per heavy atom. The van der Waals surface area contributed by atoms with Gasteiger partial charge in [0.15, 0.2) is 17.3 Å². The van der Waals surface area contributed by atoms with Crippen molar-refractivity contribution in [2.45, 2.75) is 19.3 Å². The Bertz CT molecular complexity index is 1250. The normalized spacial score (nSPS) is 10.9. The Hall–Kier alpha value is -3.45. The standard InChI is InChI=1S/C24H18F2N2O2S/c25-18-6-3-16(4-7-18)12-19(29)15-20(31)13-17-5-8-23(21(26)14-17)30-24-2-1-11-28-22(24)9-10-27-28/h1-11,14H,12-13,15H2. The second-order valence-corrected chi connectivity index (χ2v) is 7.71. The lowest BCUT2D eigenvalue weighted by Gasteiger charge is -2.10. The van der Waals surface area contributed by atoms with E-state index in [-0.39, 0.29) is 30.2 Å². The number of halogens is 2. The summed E-state index contributed by atoms with van der Waals surface area (Å²) in [5, 5.41) is 4.13. The van der Waals surface area contributed by atoms with Crippen LogP contribution in [-0.2, 0) is 17.6 Å². The fourth-order valence-corrected chi connectivity index (χ4v) is 3.60. The molecular formula is C24H18F2N2O2S. The summed E-state index contributed by atoms with van der Waals surface area (Å²) >= 11 is 5.33. The van der Waals surface area contributed by atoms with Crippen molar-refractivity contribution in [2.75, 3.05) is 0 Å². The molecule has 0 fully saturated rings. The number of hydrogen-bond donors (Lipinski definition) is 0. The number of benzene rings is 2. The van der Waals surface area contributed by atoms with Crippen molar-refractivity contribution in [3.05, 3.63) is 95.8 Å². The van der Waals surface area contributed by atoms with Gasteiger partial charge in [0.05, 0.1) is 6.20 Å². The van der Waals surface area contributed by atoms with Crippen LogP contribution in [0.4, 0.5) is 8.78 Å². The van der Waals surface area contributed by atoms with Gasteiger partial charge in [-0.05, 0) is 53.6 Å². The molecule has 0 amide bonds. The first-order chi connectivity index (χ1) is 15.0. The third-order valence-electron chi connectivity index (χ3n) is 4.72. The summed E-state index contributed by atoms with van der Waals surface area (Å²) in [6, 6.07) is 15.7. The van der Waals surface area contributed by atoms with Crippen LogP contribution in [0.3, 0.4) is 0 Å². The van der Waals surface area contributed by atoms with Gasteiger partial charge in [-0.15, -0.1) is 0 Å². The third-order valence-corrected chi connectivity index (χ3v) is 5.01.